The first kappa shape index (κ1) is 26.4. The highest BCUT2D eigenvalue weighted by atomic mass is 19.4. The number of pyridine rings is 1. The van der Waals surface area contributed by atoms with Crippen LogP contribution in [0.3, 0.4) is 0 Å². The summed E-state index contributed by atoms with van der Waals surface area (Å²) in [6, 6.07) is 4.17. The van der Waals surface area contributed by atoms with Crippen molar-refractivity contribution < 1.29 is 46.1 Å². The van der Waals surface area contributed by atoms with Gasteiger partial charge in [0.2, 0.25) is 0 Å². The predicted octanol–water partition coefficient (Wildman–Crippen LogP) is 2.91. The van der Waals surface area contributed by atoms with Gasteiger partial charge in [0.25, 0.3) is 0 Å². The van der Waals surface area contributed by atoms with Gasteiger partial charge in [0, 0.05) is 37.9 Å². The molecule has 0 fully saturated rings. The number of rotatable bonds is 2. The van der Waals surface area contributed by atoms with Gasteiger partial charge in [0.05, 0.1) is 0 Å². The number of halogens is 6. The Labute approximate surface area is 162 Å². The van der Waals surface area contributed by atoms with Gasteiger partial charge in [0.1, 0.15) is 5.82 Å². The molecule has 7 nitrogen and oxygen atoms in total. The van der Waals surface area contributed by atoms with Gasteiger partial charge in [-0.25, -0.2) is 14.6 Å². The molecule has 0 spiro atoms. The summed E-state index contributed by atoms with van der Waals surface area (Å²) in [5, 5.41) is 17.7. The summed E-state index contributed by atoms with van der Waals surface area (Å²) in [5.41, 5.74) is 1.32. The van der Waals surface area contributed by atoms with Crippen molar-refractivity contribution in [3.63, 3.8) is 0 Å². The van der Waals surface area contributed by atoms with Crippen LogP contribution in [0.15, 0.2) is 18.3 Å². The molecule has 1 aromatic rings. The number of carboxylic acid groups (broad SMARTS) is 2. The zero-order valence-corrected chi connectivity index (χ0v) is 15.5. The van der Waals surface area contributed by atoms with Crippen LogP contribution in [-0.2, 0) is 16.1 Å². The molecular formula is C16H21F6N3O4. The Balaban J connectivity index is 0.000000473. The van der Waals surface area contributed by atoms with Gasteiger partial charge in [-0.1, -0.05) is 19.9 Å². The maximum absolute atomic E-state index is 10.6. The number of aromatic nitrogens is 1. The Morgan fingerprint density at radius 1 is 1.14 bits per heavy atom. The highest BCUT2D eigenvalue weighted by molar-refractivity contribution is 5.73. The lowest BCUT2D eigenvalue weighted by Gasteiger charge is -2.24. The van der Waals surface area contributed by atoms with E-state index in [1.54, 1.807) is 0 Å². The Morgan fingerprint density at radius 2 is 1.62 bits per heavy atom. The molecule has 0 aromatic carbocycles. The minimum Gasteiger partial charge on any atom is -0.475 e. The highest BCUT2D eigenvalue weighted by Crippen LogP contribution is 2.19. The normalized spacial score (nSPS) is 13.9. The van der Waals surface area contributed by atoms with Crippen molar-refractivity contribution in [1.82, 2.24) is 10.3 Å². The Kier molecular flexibility index (Phi) is 10.4. The van der Waals surface area contributed by atoms with E-state index < -0.39 is 24.3 Å². The Bertz CT molecular complexity index is 641. The van der Waals surface area contributed by atoms with E-state index in [1.165, 1.54) is 5.56 Å². The summed E-state index contributed by atoms with van der Waals surface area (Å²) in [6.07, 6.45) is -8.28. The zero-order valence-electron chi connectivity index (χ0n) is 15.5. The van der Waals surface area contributed by atoms with Crippen LogP contribution in [0.25, 0.3) is 0 Å². The molecule has 2 rings (SSSR count). The first-order valence-electron chi connectivity index (χ1n) is 8.16. The van der Waals surface area contributed by atoms with Crippen molar-refractivity contribution in [1.29, 1.82) is 0 Å². The summed E-state index contributed by atoms with van der Waals surface area (Å²) in [6.45, 7) is 8.64. The molecule has 2 heterocycles. The standard InChI is InChI=1S/C12H19N3.2C2HF3O2/c1-10(2)9-15-7-6-13-8-11-4-3-5-14-12(11)15;2*3-2(4,5)1(6)7/h3-5,10,13H,6-9H2,1-2H3;2*(H,6,7). The predicted molar refractivity (Wildman–Crippen MR) is 90.4 cm³/mol. The number of carboxylic acids is 2. The SMILES string of the molecule is CC(C)CN1CCNCc2cccnc21.O=C(O)C(F)(F)F.O=C(O)C(F)(F)F. The average Bonchev–Trinajstić information content (AvgIpc) is 2.76. The third kappa shape index (κ3) is 11.1. The molecule has 0 radical (unpaired) electrons. The topological polar surface area (TPSA) is 103 Å². The maximum Gasteiger partial charge on any atom is 0.490 e. The largest absolute Gasteiger partial charge is 0.490 e. The molecule has 3 N–H and O–H groups in total. The van der Waals surface area contributed by atoms with Crippen molar-refractivity contribution in [3.8, 4) is 0 Å². The fourth-order valence-corrected chi connectivity index (χ4v) is 2.01. The number of hydrogen-bond donors (Lipinski definition) is 3. The van der Waals surface area contributed by atoms with Crippen molar-refractivity contribution in [2.45, 2.75) is 32.7 Å². The lowest BCUT2D eigenvalue weighted by atomic mass is 10.2. The first-order valence-corrected chi connectivity index (χ1v) is 8.16. The lowest BCUT2D eigenvalue weighted by Crippen LogP contribution is -2.32. The summed E-state index contributed by atoms with van der Waals surface area (Å²) >= 11 is 0. The third-order valence-electron chi connectivity index (χ3n) is 3.11. The van der Waals surface area contributed by atoms with Crippen LogP contribution in [-0.4, -0.2) is 59.1 Å². The van der Waals surface area contributed by atoms with Gasteiger partial charge >= 0.3 is 24.3 Å². The second kappa shape index (κ2) is 11.4. The van der Waals surface area contributed by atoms with E-state index in [0.717, 1.165) is 32.0 Å². The van der Waals surface area contributed by atoms with Crippen molar-refractivity contribution in [2.75, 3.05) is 24.5 Å². The second-order valence-electron chi connectivity index (χ2n) is 6.11. The van der Waals surface area contributed by atoms with Crippen LogP contribution in [0.2, 0.25) is 0 Å². The van der Waals surface area contributed by atoms with E-state index in [0.29, 0.717) is 5.92 Å². The fraction of sp³-hybridized carbons (Fsp3) is 0.562. The molecule has 0 atom stereocenters. The number of fused-ring (bicyclic) bond motifs is 1. The van der Waals surface area contributed by atoms with Crippen LogP contribution in [0.4, 0.5) is 32.2 Å². The van der Waals surface area contributed by atoms with Crippen LogP contribution in [0.5, 0.6) is 0 Å². The number of nitrogens with one attached hydrogen (secondary N) is 1. The average molecular weight is 433 g/mol. The van der Waals surface area contributed by atoms with Gasteiger partial charge in [-0.05, 0) is 12.0 Å². The van der Waals surface area contributed by atoms with Crippen LogP contribution in [0.1, 0.15) is 19.4 Å². The molecule has 0 unspecified atom stereocenters. The quantitative estimate of drug-likeness (QED) is 0.617. The number of hydrogen-bond acceptors (Lipinski definition) is 5. The van der Waals surface area contributed by atoms with E-state index in [-0.39, 0.29) is 0 Å². The monoisotopic (exact) mass is 433 g/mol. The molecule has 13 heteroatoms. The molecule has 0 saturated heterocycles. The molecule has 1 aliphatic heterocycles. The van der Waals surface area contributed by atoms with Crippen LogP contribution < -0.4 is 10.2 Å². The lowest BCUT2D eigenvalue weighted by molar-refractivity contribution is -0.193. The molecule has 0 amide bonds. The van der Waals surface area contributed by atoms with E-state index in [2.05, 4.69) is 35.1 Å². The zero-order chi connectivity index (χ0) is 22.8. The first-order chi connectivity index (χ1) is 13.2. The van der Waals surface area contributed by atoms with Crippen LogP contribution in [0, 0.1) is 5.92 Å². The minimum atomic E-state index is -5.08. The smallest absolute Gasteiger partial charge is 0.475 e. The van der Waals surface area contributed by atoms with Gasteiger partial charge in [-0.3, -0.25) is 0 Å². The molecule has 0 saturated carbocycles. The summed E-state index contributed by atoms with van der Waals surface area (Å²) in [7, 11) is 0. The van der Waals surface area contributed by atoms with Crippen LogP contribution >= 0.6 is 0 Å². The number of alkyl halides is 6. The number of aliphatic carboxylic acids is 2. The van der Waals surface area contributed by atoms with Gasteiger partial charge in [-0.2, -0.15) is 26.3 Å². The molecule has 0 bridgehead atoms. The van der Waals surface area contributed by atoms with Gasteiger partial charge in [0.15, 0.2) is 0 Å². The van der Waals surface area contributed by atoms with E-state index in [1.807, 2.05) is 12.3 Å². The minimum absolute atomic E-state index is 0.679. The molecule has 0 aliphatic carbocycles. The second-order valence-corrected chi connectivity index (χ2v) is 6.11. The molecular weight excluding hydrogens is 412 g/mol. The summed E-state index contributed by atoms with van der Waals surface area (Å²) in [4.78, 5) is 24.7. The van der Waals surface area contributed by atoms with Gasteiger partial charge in [-0.15, -0.1) is 0 Å². The summed E-state index contributed by atoms with van der Waals surface area (Å²) < 4.78 is 63.5. The number of carbonyl (C=O) groups is 2. The highest BCUT2D eigenvalue weighted by Gasteiger charge is 2.38. The number of nitrogens with zero attached hydrogens (tertiary/aromatic N) is 2. The molecule has 1 aromatic heterocycles. The van der Waals surface area contributed by atoms with Crippen molar-refractivity contribution in [2.24, 2.45) is 5.92 Å². The Hall–Kier alpha value is -2.57. The third-order valence-corrected chi connectivity index (χ3v) is 3.11. The summed E-state index contributed by atoms with van der Waals surface area (Å²) in [5.74, 6) is -3.67. The Morgan fingerprint density at radius 3 is 2.03 bits per heavy atom. The maximum atomic E-state index is 10.6. The number of anilines is 1. The van der Waals surface area contributed by atoms with Crippen molar-refractivity contribution >= 4 is 17.8 Å². The van der Waals surface area contributed by atoms with E-state index in [4.69, 9.17) is 19.8 Å². The molecule has 29 heavy (non-hydrogen) atoms. The van der Waals surface area contributed by atoms with Crippen molar-refractivity contribution in [3.05, 3.63) is 23.9 Å². The van der Waals surface area contributed by atoms with Gasteiger partial charge < -0.3 is 20.4 Å². The van der Waals surface area contributed by atoms with E-state index >= 15 is 0 Å². The fourth-order valence-electron chi connectivity index (χ4n) is 2.01. The van der Waals surface area contributed by atoms with E-state index in [9.17, 15) is 26.3 Å². The molecule has 166 valence electrons. The molecule has 1 aliphatic rings.